The number of carbonyl (C=O) groups excluding carboxylic acids is 1. The van der Waals surface area contributed by atoms with Gasteiger partial charge >= 0.3 is 0 Å². The molecule has 0 unspecified atom stereocenters. The topological polar surface area (TPSA) is 45.7 Å². The zero-order chi connectivity index (χ0) is 16.1. The van der Waals surface area contributed by atoms with Crippen LogP contribution in [-0.4, -0.2) is 49.1 Å². The molecule has 0 spiro atoms. The first kappa shape index (κ1) is 15.6. The summed E-state index contributed by atoms with van der Waals surface area (Å²) in [6, 6.07) is 7.66. The van der Waals surface area contributed by atoms with Crippen LogP contribution in [0.15, 0.2) is 41.9 Å². The molecule has 2 aromatic rings. The Balaban J connectivity index is 1.58. The van der Waals surface area contributed by atoms with E-state index in [-0.39, 0.29) is 5.91 Å². The van der Waals surface area contributed by atoms with Gasteiger partial charge in [0, 0.05) is 49.4 Å². The number of benzene rings is 1. The maximum absolute atomic E-state index is 12.3. The molecule has 6 heteroatoms. The van der Waals surface area contributed by atoms with Crippen LogP contribution in [0, 0.1) is 0 Å². The minimum absolute atomic E-state index is 0.0368. The maximum Gasteiger partial charge on any atom is 0.246 e. The number of piperazine rings is 1. The van der Waals surface area contributed by atoms with E-state index in [0.29, 0.717) is 13.1 Å². The third-order valence-electron chi connectivity index (χ3n) is 3.83. The summed E-state index contributed by atoms with van der Waals surface area (Å²) in [5.74, 6) is 0.805. The number of para-hydroxylation sites is 1. The summed E-state index contributed by atoms with van der Waals surface area (Å²) in [5.41, 5.74) is 0.907. The smallest absolute Gasteiger partial charge is 0.246 e. The number of methoxy groups -OCH3 is 1. The second-order valence-corrected chi connectivity index (χ2v) is 6.08. The Morgan fingerprint density at radius 1 is 1.26 bits per heavy atom. The molecule has 0 saturated carbocycles. The first-order chi connectivity index (χ1) is 11.3. The molecule has 1 amide bonds. The Bertz CT molecular complexity index is 677. The lowest BCUT2D eigenvalue weighted by Crippen LogP contribution is -2.48. The van der Waals surface area contributed by atoms with Crippen molar-refractivity contribution in [3.63, 3.8) is 0 Å². The summed E-state index contributed by atoms with van der Waals surface area (Å²) >= 11 is 1.63. The Kier molecular flexibility index (Phi) is 4.92. The predicted octanol–water partition coefficient (Wildman–Crippen LogP) is 2.51. The molecule has 0 atom stereocenters. The van der Waals surface area contributed by atoms with Gasteiger partial charge in [0.2, 0.25) is 5.91 Å². The lowest BCUT2D eigenvalue weighted by atomic mass is 10.2. The third-order valence-corrected chi connectivity index (χ3v) is 4.66. The average Bonchev–Trinajstić information content (AvgIpc) is 3.14. The van der Waals surface area contributed by atoms with Gasteiger partial charge in [-0.25, -0.2) is 4.98 Å². The van der Waals surface area contributed by atoms with Crippen molar-refractivity contribution < 1.29 is 9.53 Å². The Morgan fingerprint density at radius 2 is 2.04 bits per heavy atom. The largest absolute Gasteiger partial charge is 0.496 e. The number of hydrogen-bond donors (Lipinski definition) is 0. The molecule has 1 aliphatic rings. The SMILES string of the molecule is COc1ccccc1/C=C/C(=O)N1CCN(c2nccs2)CC1. The molecule has 120 valence electrons. The molecule has 0 aliphatic carbocycles. The van der Waals surface area contributed by atoms with Gasteiger partial charge in [0.05, 0.1) is 7.11 Å². The fourth-order valence-corrected chi connectivity index (χ4v) is 3.26. The Morgan fingerprint density at radius 3 is 2.74 bits per heavy atom. The van der Waals surface area contributed by atoms with Crippen LogP contribution in [-0.2, 0) is 4.79 Å². The van der Waals surface area contributed by atoms with Crippen LogP contribution in [0.4, 0.5) is 5.13 Å². The lowest BCUT2D eigenvalue weighted by molar-refractivity contribution is -0.126. The molecule has 1 aromatic heterocycles. The molecule has 2 heterocycles. The molecular weight excluding hydrogens is 310 g/mol. The number of rotatable bonds is 4. The quantitative estimate of drug-likeness (QED) is 0.809. The van der Waals surface area contributed by atoms with E-state index in [1.165, 1.54) is 0 Å². The van der Waals surface area contributed by atoms with E-state index in [2.05, 4.69) is 9.88 Å². The van der Waals surface area contributed by atoms with Gasteiger partial charge in [-0.2, -0.15) is 0 Å². The second-order valence-electron chi connectivity index (χ2n) is 5.20. The molecular formula is C17H19N3O2S. The minimum Gasteiger partial charge on any atom is -0.496 e. The summed E-state index contributed by atoms with van der Waals surface area (Å²) in [6.45, 7) is 3.08. The number of thiazole rings is 1. The Hall–Kier alpha value is -2.34. The van der Waals surface area contributed by atoms with Crippen LogP contribution in [0.1, 0.15) is 5.56 Å². The van der Waals surface area contributed by atoms with Crippen molar-refractivity contribution in [3.8, 4) is 5.75 Å². The fourth-order valence-electron chi connectivity index (χ4n) is 2.56. The van der Waals surface area contributed by atoms with Crippen LogP contribution in [0.5, 0.6) is 5.75 Å². The zero-order valence-electron chi connectivity index (χ0n) is 13.0. The van der Waals surface area contributed by atoms with Crippen LogP contribution >= 0.6 is 11.3 Å². The number of ether oxygens (including phenoxy) is 1. The van der Waals surface area contributed by atoms with Crippen LogP contribution in [0.3, 0.4) is 0 Å². The van der Waals surface area contributed by atoms with Gasteiger partial charge < -0.3 is 14.5 Å². The normalized spacial score (nSPS) is 15.2. The van der Waals surface area contributed by atoms with E-state index in [1.54, 1.807) is 24.5 Å². The summed E-state index contributed by atoms with van der Waals surface area (Å²) in [4.78, 5) is 20.7. The van der Waals surface area contributed by atoms with Crippen molar-refractivity contribution in [2.75, 3.05) is 38.2 Å². The van der Waals surface area contributed by atoms with Crippen molar-refractivity contribution in [2.24, 2.45) is 0 Å². The van der Waals surface area contributed by atoms with E-state index in [1.807, 2.05) is 46.8 Å². The summed E-state index contributed by atoms with van der Waals surface area (Å²) in [5, 5.41) is 3.00. The molecule has 3 rings (SSSR count). The third kappa shape index (κ3) is 3.71. The molecule has 0 radical (unpaired) electrons. The van der Waals surface area contributed by atoms with E-state index < -0.39 is 0 Å². The van der Waals surface area contributed by atoms with Crippen molar-refractivity contribution in [2.45, 2.75) is 0 Å². The van der Waals surface area contributed by atoms with Crippen molar-refractivity contribution in [1.29, 1.82) is 0 Å². The molecule has 1 aromatic carbocycles. The number of hydrogen-bond acceptors (Lipinski definition) is 5. The highest BCUT2D eigenvalue weighted by Gasteiger charge is 2.20. The number of anilines is 1. The lowest BCUT2D eigenvalue weighted by Gasteiger charge is -2.34. The highest BCUT2D eigenvalue weighted by atomic mass is 32.1. The van der Waals surface area contributed by atoms with Crippen LogP contribution in [0.2, 0.25) is 0 Å². The van der Waals surface area contributed by atoms with Gasteiger partial charge in [0.15, 0.2) is 5.13 Å². The van der Waals surface area contributed by atoms with Crippen molar-refractivity contribution in [3.05, 3.63) is 47.5 Å². The van der Waals surface area contributed by atoms with Gasteiger partial charge in [0.1, 0.15) is 5.75 Å². The molecule has 1 saturated heterocycles. The average molecular weight is 329 g/mol. The van der Waals surface area contributed by atoms with E-state index in [4.69, 9.17) is 4.74 Å². The van der Waals surface area contributed by atoms with Gasteiger partial charge in [-0.1, -0.05) is 18.2 Å². The summed E-state index contributed by atoms with van der Waals surface area (Å²) in [6.07, 6.45) is 5.25. The number of nitrogens with zero attached hydrogens (tertiary/aromatic N) is 3. The molecule has 0 bridgehead atoms. The Labute approximate surface area is 139 Å². The molecule has 5 nitrogen and oxygen atoms in total. The standard InChI is InChI=1S/C17H19N3O2S/c1-22-15-5-3-2-4-14(15)6-7-16(21)19-9-11-20(12-10-19)17-18-8-13-23-17/h2-8,13H,9-12H2,1H3/b7-6+. The van der Waals surface area contributed by atoms with Crippen LogP contribution < -0.4 is 9.64 Å². The summed E-state index contributed by atoms with van der Waals surface area (Å²) < 4.78 is 5.29. The fraction of sp³-hybridized carbons (Fsp3) is 0.294. The van der Waals surface area contributed by atoms with Gasteiger partial charge in [-0.3, -0.25) is 4.79 Å². The number of carbonyl (C=O) groups is 1. The van der Waals surface area contributed by atoms with Gasteiger partial charge in [-0.05, 0) is 12.1 Å². The first-order valence-corrected chi connectivity index (χ1v) is 8.40. The van der Waals surface area contributed by atoms with Crippen molar-refractivity contribution in [1.82, 2.24) is 9.88 Å². The number of aromatic nitrogens is 1. The van der Waals surface area contributed by atoms with E-state index in [9.17, 15) is 4.79 Å². The second kappa shape index (κ2) is 7.28. The molecule has 0 N–H and O–H groups in total. The van der Waals surface area contributed by atoms with Gasteiger partial charge in [0.25, 0.3) is 0 Å². The first-order valence-electron chi connectivity index (χ1n) is 7.52. The van der Waals surface area contributed by atoms with E-state index in [0.717, 1.165) is 29.5 Å². The molecule has 23 heavy (non-hydrogen) atoms. The highest BCUT2D eigenvalue weighted by Crippen LogP contribution is 2.20. The molecule has 1 fully saturated rings. The van der Waals surface area contributed by atoms with Crippen LogP contribution in [0.25, 0.3) is 6.08 Å². The van der Waals surface area contributed by atoms with Crippen molar-refractivity contribution >= 4 is 28.5 Å². The monoisotopic (exact) mass is 329 g/mol. The zero-order valence-corrected chi connectivity index (χ0v) is 13.8. The maximum atomic E-state index is 12.3. The highest BCUT2D eigenvalue weighted by molar-refractivity contribution is 7.13. The van der Waals surface area contributed by atoms with E-state index >= 15 is 0 Å². The summed E-state index contributed by atoms with van der Waals surface area (Å²) in [7, 11) is 1.63. The van der Waals surface area contributed by atoms with Gasteiger partial charge in [-0.15, -0.1) is 11.3 Å². The predicted molar refractivity (Wildman–Crippen MR) is 92.9 cm³/mol. The number of amides is 1. The minimum atomic E-state index is 0.0368. The molecule has 1 aliphatic heterocycles.